The minimum atomic E-state index is -1.05. The molecule has 0 aliphatic carbocycles. The largest absolute Gasteiger partial charge is 0.478 e. The molecule has 3 nitrogen and oxygen atoms in total. The minimum Gasteiger partial charge on any atom is -0.478 e. The molecule has 0 aliphatic heterocycles. The summed E-state index contributed by atoms with van der Waals surface area (Å²) < 4.78 is 12.7. The fraction of sp³-hybridized carbons (Fsp3) is 0. The van der Waals surface area contributed by atoms with Gasteiger partial charge in [-0.25, -0.2) is 9.18 Å². The molecule has 0 aliphatic rings. The Morgan fingerprint density at radius 3 is 2.93 bits per heavy atom. The number of hydrogen-bond donors (Lipinski definition) is 2. The number of thioether (sulfide) groups is 1. The van der Waals surface area contributed by atoms with Gasteiger partial charge in [0, 0.05) is 16.7 Å². The van der Waals surface area contributed by atoms with Crippen LogP contribution in [0, 0.1) is 5.82 Å². The molecule has 14 heavy (non-hydrogen) atoms. The van der Waals surface area contributed by atoms with E-state index in [1.54, 1.807) is 0 Å². The van der Waals surface area contributed by atoms with Crippen LogP contribution in [0.4, 0.5) is 10.1 Å². The third-order valence-corrected chi connectivity index (χ3v) is 2.26. The van der Waals surface area contributed by atoms with Gasteiger partial charge in [-0.3, -0.25) is 0 Å². The topological polar surface area (TPSA) is 63.3 Å². The Morgan fingerprint density at radius 1 is 1.57 bits per heavy atom. The summed E-state index contributed by atoms with van der Waals surface area (Å²) in [5, 5.41) is 9.65. The van der Waals surface area contributed by atoms with Crippen molar-refractivity contribution in [1.29, 1.82) is 0 Å². The maximum atomic E-state index is 12.7. The van der Waals surface area contributed by atoms with E-state index in [0.29, 0.717) is 10.6 Å². The Bertz CT molecular complexity index is 379. The van der Waals surface area contributed by atoms with E-state index in [2.05, 4.69) is 0 Å². The highest BCUT2D eigenvalue weighted by Gasteiger charge is 1.99. The third-order valence-electron chi connectivity index (χ3n) is 1.38. The molecule has 0 bridgehead atoms. The molecule has 5 heteroatoms. The van der Waals surface area contributed by atoms with Gasteiger partial charge in [0.1, 0.15) is 5.82 Å². The molecule has 0 amide bonds. The lowest BCUT2D eigenvalue weighted by Crippen LogP contribution is -1.89. The number of carboxylic acids is 1. The van der Waals surface area contributed by atoms with E-state index in [1.165, 1.54) is 23.6 Å². The van der Waals surface area contributed by atoms with Crippen molar-refractivity contribution in [3.8, 4) is 0 Å². The Morgan fingerprint density at radius 2 is 2.29 bits per heavy atom. The summed E-state index contributed by atoms with van der Waals surface area (Å²) in [6.45, 7) is 0. The summed E-state index contributed by atoms with van der Waals surface area (Å²) in [5.41, 5.74) is 5.96. The number of hydrogen-bond acceptors (Lipinski definition) is 3. The van der Waals surface area contributed by atoms with E-state index in [4.69, 9.17) is 10.8 Å². The Hall–Kier alpha value is -1.49. The lowest BCUT2D eigenvalue weighted by Gasteiger charge is -2.00. The molecule has 0 radical (unpaired) electrons. The molecule has 0 spiro atoms. The highest BCUT2D eigenvalue weighted by atomic mass is 32.2. The lowest BCUT2D eigenvalue weighted by atomic mass is 10.3. The molecule has 3 N–H and O–H groups in total. The maximum Gasteiger partial charge on any atom is 0.328 e. The molecule has 0 aromatic heterocycles. The van der Waals surface area contributed by atoms with Crippen LogP contribution in [0.2, 0.25) is 0 Å². The van der Waals surface area contributed by atoms with E-state index in [9.17, 15) is 9.18 Å². The molecule has 1 rings (SSSR count). The van der Waals surface area contributed by atoms with Crippen LogP contribution in [-0.4, -0.2) is 11.1 Å². The van der Waals surface area contributed by atoms with Crippen LogP contribution in [0.15, 0.2) is 34.6 Å². The standard InChI is InChI=1S/C9H8FNO2S/c10-6-1-2-7(11)8(5-6)14-4-3-9(12)13/h1-5H,11H2,(H,12,13)/b4-3+. The number of anilines is 1. The molecular formula is C9H8FNO2S. The van der Waals surface area contributed by atoms with E-state index in [1.807, 2.05) is 0 Å². The van der Waals surface area contributed by atoms with Crippen LogP contribution in [0.1, 0.15) is 0 Å². The second kappa shape index (κ2) is 4.66. The highest BCUT2D eigenvalue weighted by molar-refractivity contribution is 8.02. The Kier molecular flexibility index (Phi) is 3.53. The van der Waals surface area contributed by atoms with Crippen molar-refractivity contribution >= 4 is 23.4 Å². The number of nitrogens with two attached hydrogens (primary N) is 1. The lowest BCUT2D eigenvalue weighted by molar-refractivity contribution is -0.131. The van der Waals surface area contributed by atoms with Gasteiger partial charge in [-0.1, -0.05) is 11.8 Å². The average molecular weight is 213 g/mol. The van der Waals surface area contributed by atoms with E-state index in [0.717, 1.165) is 17.8 Å². The van der Waals surface area contributed by atoms with Crippen LogP contribution in [0.3, 0.4) is 0 Å². The van der Waals surface area contributed by atoms with Crippen molar-refractivity contribution in [2.45, 2.75) is 4.90 Å². The van der Waals surface area contributed by atoms with Crippen molar-refractivity contribution in [3.63, 3.8) is 0 Å². The normalized spacial score (nSPS) is 10.6. The van der Waals surface area contributed by atoms with Gasteiger partial charge in [0.25, 0.3) is 0 Å². The van der Waals surface area contributed by atoms with E-state index >= 15 is 0 Å². The second-order valence-electron chi connectivity index (χ2n) is 2.44. The number of carboxylic acid groups (broad SMARTS) is 1. The Balaban J connectivity index is 2.76. The van der Waals surface area contributed by atoms with Gasteiger partial charge in [-0.2, -0.15) is 0 Å². The summed E-state index contributed by atoms with van der Waals surface area (Å²) in [5.74, 6) is -1.45. The van der Waals surface area contributed by atoms with Crippen molar-refractivity contribution in [2.75, 3.05) is 5.73 Å². The van der Waals surface area contributed by atoms with Gasteiger partial charge in [-0.05, 0) is 23.6 Å². The summed E-state index contributed by atoms with van der Waals surface area (Å²) in [7, 11) is 0. The zero-order valence-corrected chi connectivity index (χ0v) is 7.92. The monoisotopic (exact) mass is 213 g/mol. The Labute approximate surface area is 84.4 Å². The van der Waals surface area contributed by atoms with Crippen LogP contribution in [-0.2, 0) is 4.79 Å². The molecule has 0 saturated heterocycles. The molecule has 1 aromatic carbocycles. The van der Waals surface area contributed by atoms with Crippen LogP contribution in [0.5, 0.6) is 0 Å². The first-order chi connectivity index (χ1) is 6.59. The van der Waals surface area contributed by atoms with Crippen molar-refractivity contribution < 1.29 is 14.3 Å². The van der Waals surface area contributed by atoms with Gasteiger partial charge < -0.3 is 10.8 Å². The smallest absolute Gasteiger partial charge is 0.328 e. The van der Waals surface area contributed by atoms with Gasteiger partial charge in [0.05, 0.1) is 0 Å². The van der Waals surface area contributed by atoms with Crippen LogP contribution in [0.25, 0.3) is 0 Å². The summed E-state index contributed by atoms with van der Waals surface area (Å²) in [6, 6.07) is 3.94. The number of rotatable bonds is 3. The van der Waals surface area contributed by atoms with Gasteiger partial charge >= 0.3 is 5.97 Å². The quantitative estimate of drug-likeness (QED) is 0.458. The van der Waals surface area contributed by atoms with Crippen LogP contribution >= 0.6 is 11.8 Å². The van der Waals surface area contributed by atoms with Crippen molar-refractivity contribution in [3.05, 3.63) is 35.5 Å². The predicted molar refractivity (Wildman–Crippen MR) is 53.4 cm³/mol. The first kappa shape index (κ1) is 10.6. The molecule has 1 aromatic rings. The summed E-state index contributed by atoms with van der Waals surface area (Å²) in [4.78, 5) is 10.6. The second-order valence-corrected chi connectivity index (χ2v) is 3.39. The fourth-order valence-electron chi connectivity index (χ4n) is 0.776. The molecule has 0 atom stereocenters. The van der Waals surface area contributed by atoms with Crippen LogP contribution < -0.4 is 5.73 Å². The van der Waals surface area contributed by atoms with Gasteiger partial charge in [0.15, 0.2) is 0 Å². The number of halogens is 1. The first-order valence-electron chi connectivity index (χ1n) is 3.71. The predicted octanol–water partition coefficient (Wildman–Crippen LogP) is 2.10. The maximum absolute atomic E-state index is 12.7. The SMILES string of the molecule is Nc1ccc(F)cc1S/C=C/C(=O)O. The molecule has 0 saturated carbocycles. The molecule has 74 valence electrons. The molecule has 0 heterocycles. The zero-order chi connectivity index (χ0) is 10.6. The average Bonchev–Trinajstić information content (AvgIpc) is 2.10. The van der Waals surface area contributed by atoms with Gasteiger partial charge in [-0.15, -0.1) is 0 Å². The summed E-state index contributed by atoms with van der Waals surface area (Å²) >= 11 is 1.06. The minimum absolute atomic E-state index is 0.398. The molecule has 0 unspecified atom stereocenters. The van der Waals surface area contributed by atoms with E-state index in [-0.39, 0.29) is 0 Å². The van der Waals surface area contributed by atoms with Crippen molar-refractivity contribution in [1.82, 2.24) is 0 Å². The molecular weight excluding hydrogens is 205 g/mol. The fourth-order valence-corrected chi connectivity index (χ4v) is 1.49. The molecule has 0 fully saturated rings. The number of carbonyl (C=O) groups is 1. The zero-order valence-electron chi connectivity index (χ0n) is 7.11. The van der Waals surface area contributed by atoms with Gasteiger partial charge in [0.2, 0.25) is 0 Å². The number of nitrogen functional groups attached to an aromatic ring is 1. The summed E-state index contributed by atoms with van der Waals surface area (Å²) in [6.07, 6.45) is 0.967. The number of benzene rings is 1. The number of aliphatic carboxylic acids is 1. The van der Waals surface area contributed by atoms with E-state index < -0.39 is 11.8 Å². The highest BCUT2D eigenvalue weighted by Crippen LogP contribution is 2.26. The third kappa shape index (κ3) is 3.10. The first-order valence-corrected chi connectivity index (χ1v) is 4.58. The van der Waals surface area contributed by atoms with Crippen molar-refractivity contribution in [2.24, 2.45) is 0 Å².